The molecule has 18 heavy (non-hydrogen) atoms. The summed E-state index contributed by atoms with van der Waals surface area (Å²) in [7, 11) is 1.67. The Morgan fingerprint density at radius 3 is 2.72 bits per heavy atom. The molecule has 1 atom stereocenters. The zero-order valence-electron chi connectivity index (χ0n) is 10.6. The van der Waals surface area contributed by atoms with Crippen molar-refractivity contribution in [1.29, 1.82) is 0 Å². The van der Waals surface area contributed by atoms with Gasteiger partial charge in [-0.1, -0.05) is 12.1 Å². The Balaban J connectivity index is 2.37. The van der Waals surface area contributed by atoms with E-state index in [-0.39, 0.29) is 5.92 Å². The second-order valence-corrected chi connectivity index (χ2v) is 4.17. The first-order chi connectivity index (χ1) is 8.76. The summed E-state index contributed by atoms with van der Waals surface area (Å²) in [6.45, 7) is 2.52. The predicted octanol–water partition coefficient (Wildman–Crippen LogP) is 1.88. The maximum Gasteiger partial charge on any atom is 0.121 e. The molecule has 0 aliphatic carbocycles. The van der Waals surface area contributed by atoms with Gasteiger partial charge in [-0.2, -0.15) is 10.2 Å². The molecule has 0 bridgehead atoms. The highest BCUT2D eigenvalue weighted by Gasteiger charge is 2.15. The number of hydrogen-bond acceptors (Lipinski definition) is 4. The molecule has 2 aromatic rings. The first-order valence-electron chi connectivity index (χ1n) is 5.88. The minimum atomic E-state index is 0.0725. The molecule has 0 aliphatic rings. The Kier molecular flexibility index (Phi) is 3.89. The number of aromatic nitrogens is 2. The average molecular weight is 243 g/mol. The fourth-order valence-corrected chi connectivity index (χ4v) is 2.05. The molecule has 0 spiro atoms. The highest BCUT2D eigenvalue weighted by atomic mass is 16.5. The van der Waals surface area contributed by atoms with Crippen molar-refractivity contribution in [2.24, 2.45) is 5.73 Å². The molecule has 4 heteroatoms. The monoisotopic (exact) mass is 243 g/mol. The number of benzene rings is 1. The van der Waals surface area contributed by atoms with Gasteiger partial charge < -0.3 is 10.5 Å². The van der Waals surface area contributed by atoms with E-state index in [9.17, 15) is 0 Å². The molecular weight excluding hydrogens is 226 g/mol. The Hall–Kier alpha value is -1.94. The summed E-state index contributed by atoms with van der Waals surface area (Å²) in [6, 6.07) is 9.90. The third kappa shape index (κ3) is 2.49. The lowest BCUT2D eigenvalue weighted by Crippen LogP contribution is -2.15. The van der Waals surface area contributed by atoms with Gasteiger partial charge in [0.2, 0.25) is 0 Å². The van der Waals surface area contributed by atoms with E-state index in [1.54, 1.807) is 13.3 Å². The number of nitrogens with zero attached hydrogens (tertiary/aromatic N) is 2. The van der Waals surface area contributed by atoms with Crippen LogP contribution in [0, 0.1) is 6.92 Å². The van der Waals surface area contributed by atoms with Crippen LogP contribution >= 0.6 is 0 Å². The fraction of sp³-hybridized carbons (Fsp3) is 0.286. The van der Waals surface area contributed by atoms with Gasteiger partial charge >= 0.3 is 0 Å². The van der Waals surface area contributed by atoms with E-state index in [4.69, 9.17) is 10.5 Å². The van der Waals surface area contributed by atoms with Crippen molar-refractivity contribution in [2.45, 2.75) is 12.8 Å². The van der Waals surface area contributed by atoms with Crippen molar-refractivity contribution < 1.29 is 4.74 Å². The zero-order chi connectivity index (χ0) is 13.0. The largest absolute Gasteiger partial charge is 0.496 e. The van der Waals surface area contributed by atoms with Crippen LogP contribution in [0.15, 0.2) is 36.5 Å². The SMILES string of the molecule is COc1ccc(C(CN)c2cccnn2)cc1C. The van der Waals surface area contributed by atoms with Crippen molar-refractivity contribution in [3.05, 3.63) is 53.3 Å². The van der Waals surface area contributed by atoms with E-state index in [0.29, 0.717) is 6.54 Å². The van der Waals surface area contributed by atoms with E-state index >= 15 is 0 Å². The molecule has 1 heterocycles. The number of hydrogen-bond donors (Lipinski definition) is 1. The number of aryl methyl sites for hydroxylation is 1. The maximum absolute atomic E-state index is 5.86. The molecule has 4 nitrogen and oxygen atoms in total. The molecule has 1 aromatic carbocycles. The van der Waals surface area contributed by atoms with Crippen LogP contribution < -0.4 is 10.5 Å². The Morgan fingerprint density at radius 1 is 1.33 bits per heavy atom. The lowest BCUT2D eigenvalue weighted by Gasteiger charge is -2.15. The van der Waals surface area contributed by atoms with Gasteiger partial charge in [-0.05, 0) is 36.2 Å². The van der Waals surface area contributed by atoms with Crippen LogP contribution in [0.5, 0.6) is 5.75 Å². The third-order valence-corrected chi connectivity index (χ3v) is 3.01. The third-order valence-electron chi connectivity index (χ3n) is 3.01. The van der Waals surface area contributed by atoms with Crippen LogP contribution in [0.2, 0.25) is 0 Å². The number of ether oxygens (including phenoxy) is 1. The molecule has 0 saturated carbocycles. The van der Waals surface area contributed by atoms with Crippen LogP contribution in [-0.4, -0.2) is 23.9 Å². The van der Waals surface area contributed by atoms with Gasteiger partial charge in [-0.15, -0.1) is 0 Å². The molecule has 0 radical (unpaired) electrons. The molecular formula is C14H17N3O. The second kappa shape index (κ2) is 5.60. The average Bonchev–Trinajstić information content (AvgIpc) is 2.41. The number of methoxy groups -OCH3 is 1. The molecule has 0 aliphatic heterocycles. The topological polar surface area (TPSA) is 61.0 Å². The van der Waals surface area contributed by atoms with Crippen LogP contribution in [0.3, 0.4) is 0 Å². The minimum Gasteiger partial charge on any atom is -0.496 e. The Morgan fingerprint density at radius 2 is 2.17 bits per heavy atom. The summed E-state index contributed by atoms with van der Waals surface area (Å²) >= 11 is 0. The lowest BCUT2D eigenvalue weighted by molar-refractivity contribution is 0.411. The van der Waals surface area contributed by atoms with E-state index < -0.39 is 0 Å². The van der Waals surface area contributed by atoms with Crippen LogP contribution in [0.4, 0.5) is 0 Å². The van der Waals surface area contributed by atoms with Crippen LogP contribution in [0.1, 0.15) is 22.7 Å². The lowest BCUT2D eigenvalue weighted by atomic mass is 9.94. The van der Waals surface area contributed by atoms with E-state index in [2.05, 4.69) is 16.3 Å². The summed E-state index contributed by atoms with van der Waals surface area (Å²) in [5.41, 5.74) is 8.98. The number of nitrogens with two attached hydrogens (primary N) is 1. The summed E-state index contributed by atoms with van der Waals surface area (Å²) in [6.07, 6.45) is 1.66. The molecule has 0 fully saturated rings. The highest BCUT2D eigenvalue weighted by Crippen LogP contribution is 2.26. The summed E-state index contributed by atoms with van der Waals surface area (Å²) in [5.74, 6) is 0.956. The Bertz CT molecular complexity index is 514. The molecule has 1 unspecified atom stereocenters. The van der Waals surface area contributed by atoms with Crippen molar-refractivity contribution >= 4 is 0 Å². The smallest absolute Gasteiger partial charge is 0.121 e. The molecule has 2 rings (SSSR count). The van der Waals surface area contributed by atoms with Crippen LogP contribution in [-0.2, 0) is 0 Å². The van der Waals surface area contributed by atoms with Gasteiger partial charge in [-0.25, -0.2) is 0 Å². The van der Waals surface area contributed by atoms with E-state index in [1.807, 2.05) is 31.2 Å². The summed E-state index contributed by atoms with van der Waals surface area (Å²) < 4.78 is 5.26. The van der Waals surface area contributed by atoms with Gasteiger partial charge in [-0.3, -0.25) is 0 Å². The maximum atomic E-state index is 5.86. The highest BCUT2D eigenvalue weighted by molar-refractivity contribution is 5.39. The zero-order valence-corrected chi connectivity index (χ0v) is 10.6. The molecule has 94 valence electrons. The molecule has 0 amide bonds. The van der Waals surface area contributed by atoms with E-state index in [0.717, 1.165) is 22.6 Å². The van der Waals surface area contributed by atoms with Crippen molar-refractivity contribution in [3.8, 4) is 5.75 Å². The normalized spacial score (nSPS) is 12.2. The first kappa shape index (κ1) is 12.5. The van der Waals surface area contributed by atoms with E-state index in [1.165, 1.54) is 0 Å². The minimum absolute atomic E-state index is 0.0725. The second-order valence-electron chi connectivity index (χ2n) is 4.17. The number of rotatable bonds is 4. The van der Waals surface area contributed by atoms with Crippen LogP contribution in [0.25, 0.3) is 0 Å². The predicted molar refractivity (Wildman–Crippen MR) is 70.7 cm³/mol. The summed E-state index contributed by atoms with van der Waals surface area (Å²) in [5, 5.41) is 8.04. The molecule has 1 aromatic heterocycles. The van der Waals surface area contributed by atoms with Gasteiger partial charge in [0.25, 0.3) is 0 Å². The summed E-state index contributed by atoms with van der Waals surface area (Å²) in [4.78, 5) is 0. The quantitative estimate of drug-likeness (QED) is 0.890. The van der Waals surface area contributed by atoms with Crippen molar-refractivity contribution in [3.63, 3.8) is 0 Å². The van der Waals surface area contributed by atoms with Gasteiger partial charge in [0.05, 0.1) is 12.8 Å². The van der Waals surface area contributed by atoms with Gasteiger partial charge in [0, 0.05) is 18.7 Å². The fourth-order valence-electron chi connectivity index (χ4n) is 2.05. The van der Waals surface area contributed by atoms with Gasteiger partial charge in [0.1, 0.15) is 5.75 Å². The Labute approximate surface area is 107 Å². The standard InChI is InChI=1S/C14H17N3O/c1-10-8-11(5-6-14(10)18-2)12(9-15)13-4-3-7-16-17-13/h3-8,12H,9,15H2,1-2H3. The van der Waals surface area contributed by atoms with Crippen molar-refractivity contribution in [2.75, 3.05) is 13.7 Å². The van der Waals surface area contributed by atoms with Crippen molar-refractivity contribution in [1.82, 2.24) is 10.2 Å². The molecule has 0 saturated heterocycles. The molecule has 2 N–H and O–H groups in total. The van der Waals surface area contributed by atoms with Gasteiger partial charge in [0.15, 0.2) is 0 Å². The first-order valence-corrected chi connectivity index (χ1v) is 5.88.